The summed E-state index contributed by atoms with van der Waals surface area (Å²) in [6.07, 6.45) is 2.62. The summed E-state index contributed by atoms with van der Waals surface area (Å²) in [6.45, 7) is 14.0. The van der Waals surface area contributed by atoms with Gasteiger partial charge in [-0.15, -0.1) is 0 Å². The van der Waals surface area contributed by atoms with E-state index >= 15 is 4.39 Å². The first-order valence-electron chi connectivity index (χ1n) is 15.9. The highest BCUT2D eigenvalue weighted by Gasteiger charge is 2.54. The summed E-state index contributed by atoms with van der Waals surface area (Å²) >= 11 is 6.60. The molecule has 248 valence electrons. The van der Waals surface area contributed by atoms with Crippen molar-refractivity contribution in [2.24, 2.45) is 13.0 Å². The van der Waals surface area contributed by atoms with E-state index in [1.54, 1.807) is 4.68 Å². The number of hydrogen-bond acceptors (Lipinski definition) is 6. The van der Waals surface area contributed by atoms with Crippen molar-refractivity contribution in [2.45, 2.75) is 89.4 Å². The quantitative estimate of drug-likeness (QED) is 0.304. The number of carbonyl (C=O) groups is 1. The number of ether oxygens (including phenoxy) is 1. The molecule has 12 heteroatoms. The van der Waals surface area contributed by atoms with Crippen LogP contribution < -0.4 is 0 Å². The van der Waals surface area contributed by atoms with Crippen LogP contribution >= 0.6 is 11.6 Å². The molecule has 1 amide bonds. The highest BCUT2D eigenvalue weighted by molar-refractivity contribution is 6.31. The summed E-state index contributed by atoms with van der Waals surface area (Å²) in [5.74, 6) is -4.51. The zero-order valence-electron chi connectivity index (χ0n) is 27.5. The third-order valence-corrected chi connectivity index (χ3v) is 10.8. The molecule has 3 atom stereocenters. The number of hydrogen-bond donors (Lipinski definition) is 0. The zero-order valence-corrected chi connectivity index (χ0v) is 28.3. The number of rotatable bonds is 4. The molecule has 0 radical (unpaired) electrons. The van der Waals surface area contributed by atoms with Crippen LogP contribution in [0.1, 0.15) is 94.2 Å². The number of carbonyl (C=O) groups excluding carboxylic acids is 1. The van der Waals surface area contributed by atoms with Gasteiger partial charge in [-0.25, -0.2) is 18.2 Å². The first-order valence-corrected chi connectivity index (χ1v) is 16.3. The van der Waals surface area contributed by atoms with Crippen LogP contribution in [-0.2, 0) is 27.6 Å². The summed E-state index contributed by atoms with van der Waals surface area (Å²) in [5, 5.41) is 4.84. The number of piperidine rings is 2. The number of halogens is 4. The zero-order chi connectivity index (χ0) is 33.3. The molecule has 3 aliphatic rings. The van der Waals surface area contributed by atoms with Crippen molar-refractivity contribution in [3.63, 3.8) is 0 Å². The molecule has 8 nitrogen and oxygen atoms in total. The fraction of sp³-hybridized carbons (Fsp3) is 0.588. The van der Waals surface area contributed by atoms with Crippen molar-refractivity contribution >= 4 is 17.5 Å². The molecule has 1 aromatic carbocycles. The Labute approximate surface area is 273 Å². The number of fused-ring (bicyclic) bond motifs is 2. The van der Waals surface area contributed by atoms with Crippen LogP contribution in [0.4, 0.5) is 13.2 Å². The van der Waals surface area contributed by atoms with Gasteiger partial charge < -0.3 is 9.64 Å². The summed E-state index contributed by atoms with van der Waals surface area (Å²) in [7, 11) is 1.85. The van der Waals surface area contributed by atoms with E-state index in [1.165, 1.54) is 12.4 Å². The Bertz CT molecular complexity index is 1660. The minimum atomic E-state index is -1.50. The maximum Gasteiger partial charge on any atom is 0.226 e. The summed E-state index contributed by atoms with van der Waals surface area (Å²) in [5.41, 5.74) is 0.950. The molecule has 3 aliphatic heterocycles. The molecular weight excluding hydrogens is 617 g/mol. The van der Waals surface area contributed by atoms with Gasteiger partial charge in [-0.1, -0.05) is 17.7 Å². The normalized spacial score (nSPS) is 23.6. The lowest BCUT2D eigenvalue weighted by atomic mass is 9.77. The molecule has 0 N–H and O–H groups in total. The smallest absolute Gasteiger partial charge is 0.226 e. The minimum absolute atomic E-state index is 0.0399. The summed E-state index contributed by atoms with van der Waals surface area (Å²) in [4.78, 5) is 27.7. The summed E-state index contributed by atoms with van der Waals surface area (Å²) < 4.78 is 52.3. The average molecular weight is 659 g/mol. The van der Waals surface area contributed by atoms with Crippen molar-refractivity contribution in [3.8, 4) is 0 Å². The van der Waals surface area contributed by atoms with E-state index in [4.69, 9.17) is 21.3 Å². The van der Waals surface area contributed by atoms with Crippen molar-refractivity contribution < 1.29 is 22.7 Å². The van der Waals surface area contributed by atoms with Crippen LogP contribution in [-0.4, -0.2) is 67.2 Å². The van der Waals surface area contributed by atoms with Crippen LogP contribution in [0.3, 0.4) is 0 Å². The summed E-state index contributed by atoms with van der Waals surface area (Å²) in [6, 6.07) is 4.18. The highest BCUT2D eigenvalue weighted by atomic mass is 35.5. The van der Waals surface area contributed by atoms with Gasteiger partial charge in [0.2, 0.25) is 5.91 Å². The first-order chi connectivity index (χ1) is 21.5. The second kappa shape index (κ2) is 11.6. The average Bonchev–Trinajstić information content (AvgIpc) is 3.58. The molecule has 2 fully saturated rings. The molecule has 0 aliphatic carbocycles. The van der Waals surface area contributed by atoms with Crippen LogP contribution in [0.5, 0.6) is 0 Å². The van der Waals surface area contributed by atoms with Crippen molar-refractivity contribution in [2.75, 3.05) is 26.2 Å². The molecule has 46 heavy (non-hydrogen) atoms. The van der Waals surface area contributed by atoms with Gasteiger partial charge in [-0.3, -0.25) is 19.4 Å². The second-order valence-electron chi connectivity index (χ2n) is 14.6. The monoisotopic (exact) mass is 658 g/mol. The number of aromatic nitrogens is 4. The Kier molecular flexibility index (Phi) is 8.29. The van der Waals surface area contributed by atoms with Crippen LogP contribution in [0.15, 0.2) is 24.5 Å². The maximum atomic E-state index is 15.2. The van der Waals surface area contributed by atoms with E-state index in [0.717, 1.165) is 23.1 Å². The molecular formula is C34H42ClF3N6O2. The standard InChI is InChI=1S/C34H42ClF3N6O2/c1-19-24(35)16-22-28(41-19)34(46-29(22)33(5,6)31-39-18-40-42(31)7)11-14-43(15-12-34)30(45)21-10-13-44(32(2,3)4)17-23(21)20-8-9-25(36)27(38)26(20)37/h8-9,16,18,21,23,29H,10-15,17H2,1-7H3. The van der Waals surface area contributed by atoms with E-state index in [-0.39, 0.29) is 17.0 Å². The highest BCUT2D eigenvalue weighted by Crippen LogP contribution is 2.55. The van der Waals surface area contributed by atoms with E-state index in [2.05, 4.69) is 49.6 Å². The van der Waals surface area contributed by atoms with Crippen molar-refractivity contribution in [3.05, 3.63) is 75.3 Å². The lowest BCUT2D eigenvalue weighted by Crippen LogP contribution is -2.54. The fourth-order valence-corrected chi connectivity index (χ4v) is 7.87. The molecule has 5 heterocycles. The van der Waals surface area contributed by atoms with Gasteiger partial charge in [-0.2, -0.15) is 5.10 Å². The second-order valence-corrected chi connectivity index (χ2v) is 15.0. The topological polar surface area (TPSA) is 76.4 Å². The Balaban J connectivity index is 1.28. The molecule has 2 saturated heterocycles. The largest absolute Gasteiger partial charge is 0.359 e. The molecule has 6 rings (SSSR count). The van der Waals surface area contributed by atoms with Crippen LogP contribution in [0.2, 0.25) is 5.02 Å². The number of pyridine rings is 1. The lowest BCUT2D eigenvalue weighted by Gasteiger charge is -2.47. The van der Waals surface area contributed by atoms with E-state index in [0.29, 0.717) is 56.2 Å². The Morgan fingerprint density at radius 3 is 2.37 bits per heavy atom. The molecule has 1 spiro atoms. The van der Waals surface area contributed by atoms with Gasteiger partial charge in [0.15, 0.2) is 17.5 Å². The number of aryl methyl sites for hydroxylation is 2. The first kappa shape index (κ1) is 32.9. The third-order valence-electron chi connectivity index (χ3n) is 10.4. The van der Waals surface area contributed by atoms with Crippen LogP contribution in [0.25, 0.3) is 0 Å². The minimum Gasteiger partial charge on any atom is -0.359 e. The van der Waals surface area contributed by atoms with Gasteiger partial charge in [0.05, 0.1) is 27.9 Å². The number of nitrogens with zero attached hydrogens (tertiary/aromatic N) is 6. The van der Waals surface area contributed by atoms with E-state index < -0.39 is 46.4 Å². The molecule has 3 aromatic rings. The Hall–Kier alpha value is -3.02. The van der Waals surface area contributed by atoms with Gasteiger partial charge >= 0.3 is 0 Å². The SMILES string of the molecule is Cc1nc2c(cc1Cl)C(C(C)(C)c1ncnn1C)OC21CCN(C(=O)C2CCN(C(C)(C)C)CC2c2ccc(F)c(F)c2F)CC1. The lowest BCUT2D eigenvalue weighted by molar-refractivity contribution is -0.153. The predicted molar refractivity (Wildman–Crippen MR) is 168 cm³/mol. The van der Waals surface area contributed by atoms with E-state index in [1.807, 2.05) is 24.9 Å². The molecule has 0 bridgehead atoms. The predicted octanol–water partition coefficient (Wildman–Crippen LogP) is 6.36. The van der Waals surface area contributed by atoms with Gasteiger partial charge in [-0.05, 0) is 85.0 Å². The van der Waals surface area contributed by atoms with Gasteiger partial charge in [0, 0.05) is 49.6 Å². The van der Waals surface area contributed by atoms with Crippen molar-refractivity contribution in [1.29, 1.82) is 0 Å². The van der Waals surface area contributed by atoms with Crippen molar-refractivity contribution in [1.82, 2.24) is 29.5 Å². The van der Waals surface area contributed by atoms with Gasteiger partial charge in [0.25, 0.3) is 0 Å². The molecule has 0 saturated carbocycles. The molecule has 3 unspecified atom stereocenters. The van der Waals surface area contributed by atoms with E-state index in [9.17, 15) is 13.6 Å². The number of benzene rings is 1. The third kappa shape index (κ3) is 5.42. The maximum absolute atomic E-state index is 15.2. The van der Waals surface area contributed by atoms with Crippen LogP contribution in [0, 0.1) is 30.3 Å². The number of likely N-dealkylation sites (tertiary alicyclic amines) is 2. The Morgan fingerprint density at radius 2 is 1.74 bits per heavy atom. The Morgan fingerprint density at radius 1 is 1.04 bits per heavy atom. The number of amides is 1. The molecule has 2 aromatic heterocycles. The fourth-order valence-electron chi connectivity index (χ4n) is 7.71. The van der Waals surface area contributed by atoms with Gasteiger partial charge in [0.1, 0.15) is 17.8 Å².